The summed E-state index contributed by atoms with van der Waals surface area (Å²) in [5, 5.41) is 9.49. The summed E-state index contributed by atoms with van der Waals surface area (Å²) < 4.78 is 5.14. The average Bonchev–Trinajstić information content (AvgIpc) is 2.39. The zero-order chi connectivity index (χ0) is 13.4. The summed E-state index contributed by atoms with van der Waals surface area (Å²) in [6, 6.07) is 8.17. The van der Waals surface area contributed by atoms with Gasteiger partial charge in [0.05, 0.1) is 13.2 Å². The second kappa shape index (κ2) is 8.11. The second-order valence-electron chi connectivity index (χ2n) is 4.79. The maximum Gasteiger partial charge on any atom is 0.118 e. The molecule has 0 spiro atoms. The Hall–Kier alpha value is -1.06. The Kier molecular flexibility index (Phi) is 6.76. The summed E-state index contributed by atoms with van der Waals surface area (Å²) in [5.41, 5.74) is 1.29. The third-order valence-electron chi connectivity index (χ3n) is 3.16. The number of aliphatic hydroxyl groups excluding tert-OH is 1. The van der Waals surface area contributed by atoms with Crippen LogP contribution in [-0.2, 0) is 6.54 Å². The van der Waals surface area contributed by atoms with Crippen molar-refractivity contribution in [3.63, 3.8) is 0 Å². The number of methoxy groups -OCH3 is 1. The van der Waals surface area contributed by atoms with Crippen molar-refractivity contribution in [1.29, 1.82) is 0 Å². The van der Waals surface area contributed by atoms with Crippen molar-refractivity contribution in [2.45, 2.75) is 38.8 Å². The van der Waals surface area contributed by atoms with Crippen LogP contribution >= 0.6 is 0 Å². The largest absolute Gasteiger partial charge is 0.497 e. The van der Waals surface area contributed by atoms with Crippen LogP contribution in [0, 0.1) is 0 Å². The molecule has 0 aliphatic rings. The number of aliphatic hydroxyl groups is 1. The van der Waals surface area contributed by atoms with E-state index in [9.17, 15) is 5.11 Å². The van der Waals surface area contributed by atoms with E-state index in [2.05, 4.69) is 24.1 Å². The number of rotatable bonds is 8. The lowest BCUT2D eigenvalue weighted by molar-refractivity contribution is 0.151. The Morgan fingerprint density at radius 2 is 1.94 bits per heavy atom. The summed E-state index contributed by atoms with van der Waals surface area (Å²) in [5.74, 6) is 0.896. The Balaban J connectivity index is 2.28. The first-order valence-electron chi connectivity index (χ1n) is 6.65. The molecule has 1 aromatic carbocycles. The Morgan fingerprint density at radius 3 is 2.50 bits per heavy atom. The van der Waals surface area contributed by atoms with Crippen molar-refractivity contribution < 1.29 is 9.84 Å². The molecule has 3 nitrogen and oxygen atoms in total. The summed E-state index contributed by atoms with van der Waals surface area (Å²) in [7, 11) is 3.79. The third kappa shape index (κ3) is 5.52. The van der Waals surface area contributed by atoms with Crippen LogP contribution in [0.3, 0.4) is 0 Å². The van der Waals surface area contributed by atoms with Gasteiger partial charge < -0.3 is 14.7 Å². The molecule has 0 bridgehead atoms. The predicted octanol–water partition coefficient (Wildman–Crippen LogP) is 2.68. The maximum atomic E-state index is 9.49. The smallest absolute Gasteiger partial charge is 0.118 e. The van der Waals surface area contributed by atoms with Crippen LogP contribution in [0.2, 0.25) is 0 Å². The van der Waals surface area contributed by atoms with Crippen LogP contribution in [0.25, 0.3) is 0 Å². The van der Waals surface area contributed by atoms with Gasteiger partial charge in [0, 0.05) is 6.54 Å². The van der Waals surface area contributed by atoms with Gasteiger partial charge in [-0.2, -0.15) is 0 Å². The van der Waals surface area contributed by atoms with E-state index in [0.29, 0.717) is 0 Å². The number of hydrogen-bond acceptors (Lipinski definition) is 3. The summed E-state index contributed by atoms with van der Waals surface area (Å²) in [6.07, 6.45) is 2.65. The van der Waals surface area contributed by atoms with E-state index in [-0.39, 0.29) is 6.10 Å². The topological polar surface area (TPSA) is 32.7 Å². The molecule has 0 saturated heterocycles. The number of ether oxygens (including phenoxy) is 1. The highest BCUT2D eigenvalue weighted by Crippen LogP contribution is 2.13. The lowest BCUT2D eigenvalue weighted by Crippen LogP contribution is -2.20. The molecule has 102 valence electrons. The molecule has 18 heavy (non-hydrogen) atoms. The Bertz CT molecular complexity index is 324. The first kappa shape index (κ1) is 15.0. The Labute approximate surface area is 110 Å². The summed E-state index contributed by atoms with van der Waals surface area (Å²) in [4.78, 5) is 2.28. The van der Waals surface area contributed by atoms with Crippen molar-refractivity contribution in [2.75, 3.05) is 20.7 Å². The van der Waals surface area contributed by atoms with Crippen LogP contribution in [0.15, 0.2) is 24.3 Å². The highest BCUT2D eigenvalue weighted by Gasteiger charge is 2.04. The van der Waals surface area contributed by atoms with Gasteiger partial charge >= 0.3 is 0 Å². The molecule has 0 aliphatic heterocycles. The van der Waals surface area contributed by atoms with E-state index < -0.39 is 0 Å². The molecule has 1 unspecified atom stereocenters. The molecule has 0 aromatic heterocycles. The molecule has 0 heterocycles. The van der Waals surface area contributed by atoms with Crippen LogP contribution in [0.1, 0.15) is 31.7 Å². The van der Waals surface area contributed by atoms with E-state index in [4.69, 9.17) is 4.74 Å². The standard InChI is InChI=1S/C15H25NO2/c1-4-14(17)6-5-11-16(2)12-13-7-9-15(18-3)10-8-13/h7-10,14,17H,4-6,11-12H2,1-3H3. The van der Waals surface area contributed by atoms with Gasteiger partial charge in [-0.15, -0.1) is 0 Å². The maximum absolute atomic E-state index is 9.49. The van der Waals surface area contributed by atoms with Gasteiger partial charge in [-0.3, -0.25) is 0 Å². The first-order chi connectivity index (χ1) is 8.65. The molecular formula is C15H25NO2. The van der Waals surface area contributed by atoms with Gasteiger partial charge in [-0.05, 0) is 50.6 Å². The molecule has 3 heteroatoms. The lowest BCUT2D eigenvalue weighted by Gasteiger charge is -2.17. The molecule has 1 rings (SSSR count). The predicted molar refractivity (Wildman–Crippen MR) is 74.9 cm³/mol. The zero-order valence-corrected chi connectivity index (χ0v) is 11.7. The zero-order valence-electron chi connectivity index (χ0n) is 11.7. The monoisotopic (exact) mass is 251 g/mol. The number of benzene rings is 1. The van der Waals surface area contributed by atoms with Gasteiger partial charge in [-0.25, -0.2) is 0 Å². The van der Waals surface area contributed by atoms with Crippen LogP contribution in [-0.4, -0.2) is 36.8 Å². The molecule has 1 aromatic rings. The lowest BCUT2D eigenvalue weighted by atomic mass is 10.1. The Morgan fingerprint density at radius 1 is 1.28 bits per heavy atom. The molecule has 0 fully saturated rings. The van der Waals surface area contributed by atoms with Gasteiger partial charge in [0.25, 0.3) is 0 Å². The van der Waals surface area contributed by atoms with E-state index in [1.165, 1.54) is 5.56 Å². The molecule has 1 atom stereocenters. The van der Waals surface area contributed by atoms with Crippen molar-refractivity contribution in [2.24, 2.45) is 0 Å². The van der Waals surface area contributed by atoms with E-state index in [1.54, 1.807) is 7.11 Å². The fourth-order valence-electron chi connectivity index (χ4n) is 1.92. The normalized spacial score (nSPS) is 12.7. The highest BCUT2D eigenvalue weighted by molar-refractivity contribution is 5.26. The quantitative estimate of drug-likeness (QED) is 0.771. The molecule has 0 amide bonds. The SMILES string of the molecule is CCC(O)CCCN(C)Cc1ccc(OC)cc1. The van der Waals surface area contributed by atoms with Crippen molar-refractivity contribution in [1.82, 2.24) is 4.90 Å². The van der Waals surface area contributed by atoms with Gasteiger partial charge in [0.1, 0.15) is 5.75 Å². The fourth-order valence-corrected chi connectivity index (χ4v) is 1.92. The van der Waals surface area contributed by atoms with Gasteiger partial charge in [0.15, 0.2) is 0 Å². The van der Waals surface area contributed by atoms with Crippen LogP contribution in [0.5, 0.6) is 5.75 Å². The molecular weight excluding hydrogens is 226 g/mol. The van der Waals surface area contributed by atoms with Gasteiger partial charge in [0.2, 0.25) is 0 Å². The van der Waals surface area contributed by atoms with Crippen molar-refractivity contribution >= 4 is 0 Å². The summed E-state index contributed by atoms with van der Waals surface area (Å²) >= 11 is 0. The molecule has 0 saturated carbocycles. The van der Waals surface area contributed by atoms with Gasteiger partial charge in [-0.1, -0.05) is 19.1 Å². The molecule has 0 radical (unpaired) electrons. The average molecular weight is 251 g/mol. The second-order valence-corrected chi connectivity index (χ2v) is 4.79. The minimum absolute atomic E-state index is 0.139. The third-order valence-corrected chi connectivity index (χ3v) is 3.16. The fraction of sp³-hybridized carbons (Fsp3) is 0.600. The van der Waals surface area contributed by atoms with E-state index in [0.717, 1.165) is 38.1 Å². The van der Waals surface area contributed by atoms with Crippen LogP contribution < -0.4 is 4.74 Å². The molecule has 1 N–H and O–H groups in total. The highest BCUT2D eigenvalue weighted by atomic mass is 16.5. The van der Waals surface area contributed by atoms with E-state index >= 15 is 0 Å². The molecule has 0 aliphatic carbocycles. The van der Waals surface area contributed by atoms with Crippen molar-refractivity contribution in [3.05, 3.63) is 29.8 Å². The minimum Gasteiger partial charge on any atom is -0.497 e. The summed E-state index contributed by atoms with van der Waals surface area (Å²) in [6.45, 7) is 3.97. The number of hydrogen-bond donors (Lipinski definition) is 1. The minimum atomic E-state index is -0.139. The van der Waals surface area contributed by atoms with Crippen LogP contribution in [0.4, 0.5) is 0 Å². The number of nitrogens with zero attached hydrogens (tertiary/aromatic N) is 1. The first-order valence-corrected chi connectivity index (χ1v) is 6.65. The van der Waals surface area contributed by atoms with E-state index in [1.807, 2.05) is 19.1 Å². The van der Waals surface area contributed by atoms with Crippen molar-refractivity contribution in [3.8, 4) is 5.75 Å².